The molecule has 66 valence electrons. The highest BCUT2D eigenvalue weighted by Crippen LogP contribution is 2.15. The Bertz CT molecular complexity index is 132. The van der Waals surface area contributed by atoms with Gasteiger partial charge in [-0.15, -0.1) is 0 Å². The molecule has 11 heavy (non-hydrogen) atoms. The van der Waals surface area contributed by atoms with Crippen LogP contribution in [0.15, 0.2) is 0 Å². The van der Waals surface area contributed by atoms with E-state index in [1.165, 1.54) is 0 Å². The Hall–Kier alpha value is -0.200. The Morgan fingerprint density at radius 1 is 1.36 bits per heavy atom. The Balaban J connectivity index is 2.32. The van der Waals surface area contributed by atoms with Crippen LogP contribution in [-0.4, -0.2) is 57.9 Å². The molecule has 0 saturated carbocycles. The minimum atomic E-state index is -0.951. The summed E-state index contributed by atoms with van der Waals surface area (Å²) in [6.07, 6.45) is -1.71. The maximum Gasteiger partial charge on any atom is 0.0949 e. The van der Waals surface area contributed by atoms with Crippen LogP contribution in [0.2, 0.25) is 0 Å². The van der Waals surface area contributed by atoms with Gasteiger partial charge in [0.2, 0.25) is 0 Å². The highest BCUT2D eigenvalue weighted by Gasteiger charge is 2.42. The summed E-state index contributed by atoms with van der Waals surface area (Å²) in [6, 6.07) is -0.863. The molecular weight excluding hydrogens is 150 g/mol. The number of hydrogen-bond acceptors (Lipinski definition) is 5. The summed E-state index contributed by atoms with van der Waals surface area (Å²) in [7, 11) is 0. The predicted molar refractivity (Wildman–Crippen MR) is 36.9 cm³/mol. The van der Waals surface area contributed by atoms with Crippen molar-refractivity contribution in [2.45, 2.75) is 24.3 Å². The third kappa shape index (κ3) is 1.52. The Kier molecular flexibility index (Phi) is 2.80. The third-order valence-corrected chi connectivity index (χ3v) is 1.99. The van der Waals surface area contributed by atoms with E-state index < -0.39 is 18.2 Å². The molecular formula is C6H13NO4. The van der Waals surface area contributed by atoms with Crippen LogP contribution in [0.1, 0.15) is 0 Å². The molecule has 5 N–H and O–H groups in total. The fourth-order valence-corrected chi connectivity index (χ4v) is 1.19. The first-order valence-electron chi connectivity index (χ1n) is 3.54. The zero-order valence-electron chi connectivity index (χ0n) is 6.01. The van der Waals surface area contributed by atoms with E-state index in [-0.39, 0.29) is 19.3 Å². The molecule has 4 atom stereocenters. The highest BCUT2D eigenvalue weighted by molar-refractivity contribution is 5.01. The molecule has 1 rings (SSSR count). The van der Waals surface area contributed by atoms with Crippen molar-refractivity contribution in [2.75, 3.05) is 13.2 Å². The summed E-state index contributed by atoms with van der Waals surface area (Å²) in [5, 5.41) is 37.9. The van der Waals surface area contributed by atoms with E-state index >= 15 is 0 Å². The summed E-state index contributed by atoms with van der Waals surface area (Å²) in [4.78, 5) is 0. The minimum absolute atomic E-state index is 0.157. The van der Waals surface area contributed by atoms with Gasteiger partial charge in [0, 0.05) is 0 Å². The maximum atomic E-state index is 9.18. The average Bonchev–Trinajstić information content (AvgIpc) is 2.02. The van der Waals surface area contributed by atoms with Crippen LogP contribution in [0.5, 0.6) is 0 Å². The molecule has 0 aromatic rings. The second kappa shape index (κ2) is 3.46. The van der Waals surface area contributed by atoms with Crippen molar-refractivity contribution in [3.8, 4) is 0 Å². The van der Waals surface area contributed by atoms with Gasteiger partial charge in [-0.3, -0.25) is 0 Å². The molecule has 0 bridgehead atoms. The van der Waals surface area contributed by atoms with Crippen LogP contribution in [0.4, 0.5) is 0 Å². The maximum absolute atomic E-state index is 9.18. The lowest BCUT2D eigenvalue weighted by Crippen LogP contribution is -2.71. The molecule has 0 amide bonds. The molecule has 1 saturated heterocycles. The first kappa shape index (κ1) is 8.89. The molecule has 1 aliphatic heterocycles. The Labute approximate surface area is 64.3 Å². The Morgan fingerprint density at radius 2 is 2.00 bits per heavy atom. The largest absolute Gasteiger partial charge is 0.395 e. The quantitative estimate of drug-likeness (QED) is 0.306. The van der Waals surface area contributed by atoms with Gasteiger partial charge in [0.15, 0.2) is 0 Å². The monoisotopic (exact) mass is 163 g/mol. The third-order valence-electron chi connectivity index (χ3n) is 1.99. The van der Waals surface area contributed by atoms with Gasteiger partial charge in [0.1, 0.15) is 0 Å². The molecule has 1 fully saturated rings. The van der Waals surface area contributed by atoms with Gasteiger partial charge >= 0.3 is 0 Å². The summed E-state index contributed by atoms with van der Waals surface area (Å²) in [5.74, 6) is 0. The fourth-order valence-electron chi connectivity index (χ4n) is 1.19. The second-order valence-electron chi connectivity index (χ2n) is 2.72. The van der Waals surface area contributed by atoms with Gasteiger partial charge in [-0.05, 0) is 0 Å². The van der Waals surface area contributed by atoms with Crippen LogP contribution < -0.4 is 5.32 Å². The zero-order valence-corrected chi connectivity index (χ0v) is 6.01. The van der Waals surface area contributed by atoms with Crippen LogP contribution in [0.3, 0.4) is 0 Å². The predicted octanol–water partition coefficient (Wildman–Crippen LogP) is -2.97. The summed E-state index contributed by atoms with van der Waals surface area (Å²) < 4.78 is 0. The molecule has 0 unspecified atom stereocenters. The second-order valence-corrected chi connectivity index (χ2v) is 2.72. The average molecular weight is 163 g/mol. The van der Waals surface area contributed by atoms with E-state index in [1.54, 1.807) is 0 Å². The van der Waals surface area contributed by atoms with E-state index in [1.807, 2.05) is 0 Å². The van der Waals surface area contributed by atoms with Gasteiger partial charge in [0.25, 0.3) is 0 Å². The highest BCUT2D eigenvalue weighted by atomic mass is 16.3. The zero-order chi connectivity index (χ0) is 8.43. The van der Waals surface area contributed by atoms with Gasteiger partial charge < -0.3 is 25.7 Å². The summed E-state index contributed by atoms with van der Waals surface area (Å²) in [5.41, 5.74) is 0. The van der Waals surface area contributed by atoms with E-state index in [4.69, 9.17) is 15.3 Å². The first-order valence-corrected chi connectivity index (χ1v) is 3.54. The molecule has 0 aromatic heterocycles. The van der Waals surface area contributed by atoms with Gasteiger partial charge in [-0.1, -0.05) is 0 Å². The van der Waals surface area contributed by atoms with Crippen LogP contribution in [-0.2, 0) is 0 Å². The first-order chi connectivity index (χ1) is 5.20. The Morgan fingerprint density at radius 3 is 2.36 bits per heavy atom. The lowest BCUT2D eigenvalue weighted by atomic mass is 9.89. The van der Waals surface area contributed by atoms with Gasteiger partial charge in [0.05, 0.1) is 37.5 Å². The molecule has 5 nitrogen and oxygen atoms in total. The molecule has 0 aromatic carbocycles. The normalized spacial score (nSPS) is 39.8. The lowest BCUT2D eigenvalue weighted by Gasteiger charge is -2.43. The SMILES string of the molecule is OC[C@@H](O)[C@@H]1N[C@H](CO)[C@@H]1O. The van der Waals surface area contributed by atoms with Crippen molar-refractivity contribution in [3.63, 3.8) is 0 Å². The summed E-state index contributed by atoms with van der Waals surface area (Å²) >= 11 is 0. The molecule has 5 heteroatoms. The van der Waals surface area contributed by atoms with E-state index in [2.05, 4.69) is 5.32 Å². The van der Waals surface area contributed by atoms with E-state index in [9.17, 15) is 5.11 Å². The number of nitrogens with one attached hydrogen (secondary N) is 1. The van der Waals surface area contributed by atoms with Crippen molar-refractivity contribution >= 4 is 0 Å². The van der Waals surface area contributed by atoms with Crippen LogP contribution in [0, 0.1) is 0 Å². The molecule has 0 radical (unpaired) electrons. The molecule has 1 heterocycles. The number of rotatable bonds is 3. The van der Waals surface area contributed by atoms with Crippen LogP contribution >= 0.6 is 0 Å². The molecule has 0 aliphatic carbocycles. The van der Waals surface area contributed by atoms with Gasteiger partial charge in [-0.25, -0.2) is 0 Å². The van der Waals surface area contributed by atoms with Crippen molar-refractivity contribution < 1.29 is 20.4 Å². The smallest absolute Gasteiger partial charge is 0.0949 e. The van der Waals surface area contributed by atoms with Crippen molar-refractivity contribution in [2.24, 2.45) is 0 Å². The summed E-state index contributed by atoms with van der Waals surface area (Å²) in [6.45, 7) is -0.539. The van der Waals surface area contributed by atoms with E-state index in [0.717, 1.165) is 0 Å². The van der Waals surface area contributed by atoms with E-state index in [0.29, 0.717) is 0 Å². The fraction of sp³-hybridized carbons (Fsp3) is 1.00. The topological polar surface area (TPSA) is 93.0 Å². The van der Waals surface area contributed by atoms with Crippen molar-refractivity contribution in [3.05, 3.63) is 0 Å². The minimum Gasteiger partial charge on any atom is -0.395 e. The molecule has 1 aliphatic rings. The van der Waals surface area contributed by atoms with Gasteiger partial charge in [-0.2, -0.15) is 0 Å². The van der Waals surface area contributed by atoms with Crippen molar-refractivity contribution in [1.29, 1.82) is 0 Å². The number of hydrogen-bond donors (Lipinski definition) is 5. The standard InChI is InChI=1S/C6H13NO4/c8-1-3-6(11)5(7-3)4(10)2-9/h3-11H,1-2H2/t3-,4-,5+,6+/m1/s1. The number of aliphatic hydroxyl groups is 4. The molecule has 0 spiro atoms. The number of aliphatic hydroxyl groups excluding tert-OH is 4. The van der Waals surface area contributed by atoms with Crippen molar-refractivity contribution in [1.82, 2.24) is 5.32 Å². The van der Waals surface area contributed by atoms with Crippen LogP contribution in [0.25, 0.3) is 0 Å². The lowest BCUT2D eigenvalue weighted by molar-refractivity contribution is -0.0778.